The molecule has 1 rings (SSSR count). The van der Waals surface area contributed by atoms with Crippen LogP contribution in [0.2, 0.25) is 51.9 Å². The second kappa shape index (κ2) is 19.6. The molecule has 0 atom stereocenters. The number of carboxylic acids is 1. The van der Waals surface area contributed by atoms with Gasteiger partial charge in [0.25, 0.3) is 5.97 Å². The van der Waals surface area contributed by atoms with Gasteiger partial charge in [-0.15, -0.1) is 0 Å². The van der Waals surface area contributed by atoms with E-state index in [0.29, 0.717) is 6.32 Å². The first-order chi connectivity index (χ1) is 13.2. The fraction of sp³-hybridized carbons (Fsp3) is 0.722. The van der Waals surface area contributed by atoms with E-state index in [0.717, 1.165) is 39.5 Å². The van der Waals surface area contributed by atoms with Gasteiger partial charge in [-0.1, -0.05) is 62.8 Å². The molecule has 1 radical (unpaired) electrons. The van der Waals surface area contributed by atoms with Crippen LogP contribution in [0.1, 0.15) is 6.92 Å². The summed E-state index contributed by atoms with van der Waals surface area (Å²) in [5.74, 6) is -0.833. The summed E-state index contributed by atoms with van der Waals surface area (Å²) in [6.07, 6.45) is 5.29. The third kappa shape index (κ3) is 35.3. The van der Waals surface area contributed by atoms with Crippen LogP contribution in [-0.2, 0) is 32.7 Å². The Labute approximate surface area is 197 Å². The summed E-state index contributed by atoms with van der Waals surface area (Å²) in [6.45, 7) is 18.0. The maximum atomic E-state index is 9.00. The Morgan fingerprint density at radius 2 is 1.40 bits per heavy atom. The number of hydrogen-bond donors (Lipinski definition) is 4. The second-order valence-electron chi connectivity index (χ2n) is 8.93. The molecule has 1 aliphatic rings. The molecule has 1 heterocycles. The first-order valence-electron chi connectivity index (χ1n) is 10.1. The van der Waals surface area contributed by atoms with E-state index in [1.54, 1.807) is 0 Å². The number of aliphatic carboxylic acids is 1. The molecular formula is C18H41B2NO6Si2V. The Hall–Kier alpha value is -0.102. The first kappa shape index (κ1) is 34.5. The molecule has 0 unspecified atom stereocenters. The van der Waals surface area contributed by atoms with Crippen LogP contribution in [-0.4, -0.2) is 77.8 Å². The van der Waals surface area contributed by atoms with Crippen molar-refractivity contribution in [2.24, 2.45) is 0 Å². The van der Waals surface area contributed by atoms with Gasteiger partial charge in [0, 0.05) is 51.8 Å². The summed E-state index contributed by atoms with van der Waals surface area (Å²) in [6, 6.07) is 0. The first-order valence-corrected chi connectivity index (χ1v) is 17.2. The molecule has 0 aliphatic carbocycles. The Morgan fingerprint density at radius 1 is 1.00 bits per heavy atom. The second-order valence-corrected chi connectivity index (χ2v) is 19.1. The Kier molecular flexibility index (Phi) is 22.5. The topological polar surface area (TPSA) is 108 Å². The van der Waals surface area contributed by atoms with E-state index in [-0.39, 0.29) is 25.7 Å². The van der Waals surface area contributed by atoms with Gasteiger partial charge in [0.1, 0.15) is 0 Å². The monoisotopic (exact) mass is 496 g/mol. The van der Waals surface area contributed by atoms with Crippen LogP contribution in [0, 0.1) is 0 Å². The zero-order valence-corrected chi connectivity index (χ0v) is 23.1. The van der Waals surface area contributed by atoms with Crippen LogP contribution in [0.15, 0.2) is 23.6 Å². The number of hydrogen-bond acceptors (Lipinski definition) is 6. The summed E-state index contributed by atoms with van der Waals surface area (Å²) >= 11 is 0. The van der Waals surface area contributed by atoms with E-state index in [1.807, 2.05) is 6.08 Å². The molecule has 0 amide bonds. The van der Waals surface area contributed by atoms with Crippen molar-refractivity contribution in [3.05, 3.63) is 23.6 Å². The van der Waals surface area contributed by atoms with Gasteiger partial charge < -0.3 is 29.8 Å². The van der Waals surface area contributed by atoms with Gasteiger partial charge in [-0.3, -0.25) is 4.79 Å². The van der Waals surface area contributed by atoms with Crippen LogP contribution in [0.4, 0.5) is 0 Å². The van der Waals surface area contributed by atoms with Crippen molar-refractivity contribution in [1.29, 1.82) is 0 Å². The summed E-state index contributed by atoms with van der Waals surface area (Å²) in [7, 11) is -3.42. The number of carbonyl (C=O) groups is 1. The van der Waals surface area contributed by atoms with Crippen molar-refractivity contribution in [3.8, 4) is 0 Å². The van der Waals surface area contributed by atoms with Crippen LogP contribution < -0.4 is 5.32 Å². The van der Waals surface area contributed by atoms with Crippen LogP contribution >= 0.6 is 0 Å². The maximum Gasteiger partial charge on any atom is 0.460 e. The molecule has 0 aromatic carbocycles. The van der Waals surface area contributed by atoms with E-state index in [2.05, 4.69) is 62.1 Å². The third-order valence-corrected chi connectivity index (χ3v) is 5.55. The zero-order valence-electron chi connectivity index (χ0n) is 19.7. The molecule has 7 nitrogen and oxygen atoms in total. The van der Waals surface area contributed by atoms with Crippen LogP contribution in [0.3, 0.4) is 0 Å². The van der Waals surface area contributed by atoms with Crippen LogP contribution in [0.25, 0.3) is 0 Å². The Bertz CT molecular complexity index is 474. The number of rotatable bonds is 6. The number of nitrogens with one attached hydrogen (secondary N) is 1. The van der Waals surface area contributed by atoms with E-state index in [1.165, 1.54) is 0 Å². The quantitative estimate of drug-likeness (QED) is 0.419. The normalized spacial score (nSPS) is 15.2. The Balaban J connectivity index is -0.000000423. The maximum absolute atomic E-state index is 9.00. The minimum Gasteiger partial charge on any atom is -0.481 e. The standard InChI is InChI=1S/C10H22BNO2Si.C6H15BO2Si.C2H4O2.V/c1-15(2,3)10-4-5-11-13-8-6-12-7-9-14-11;1-10(2,3)6-4-5-7(8)9;1-2(3)4;/h4,10,12H,5-9H2,1-3H3;4,6,8-9H,5H2,1-3H3;1H3,(H,3,4);. The van der Waals surface area contributed by atoms with Gasteiger partial charge in [-0.25, -0.2) is 0 Å². The van der Waals surface area contributed by atoms with Crippen molar-refractivity contribution in [3.63, 3.8) is 0 Å². The van der Waals surface area contributed by atoms with Crippen molar-refractivity contribution >= 4 is 36.4 Å². The molecule has 0 bridgehead atoms. The molecule has 1 saturated heterocycles. The number of allylic oxidation sites excluding steroid dienone is 2. The average molecular weight is 496 g/mol. The SMILES string of the molecule is CC(=O)O.C[Si](C)(C)C=CCB(O)O.C[Si](C)(C)C=CCB1OCCNCCO1.[V]. The molecule has 1 aliphatic heterocycles. The summed E-state index contributed by atoms with van der Waals surface area (Å²) in [5.41, 5.74) is 4.45. The molecule has 1 fully saturated rings. The fourth-order valence-corrected chi connectivity index (χ4v) is 3.60. The molecule has 0 aromatic rings. The fourth-order valence-electron chi connectivity index (χ4n) is 1.91. The van der Waals surface area contributed by atoms with Crippen molar-refractivity contribution in [1.82, 2.24) is 5.32 Å². The van der Waals surface area contributed by atoms with E-state index >= 15 is 0 Å². The van der Waals surface area contributed by atoms with Gasteiger partial charge in [0.15, 0.2) is 0 Å². The van der Waals surface area contributed by atoms with Gasteiger partial charge in [0.05, 0.1) is 16.1 Å². The number of carboxylic acid groups (broad SMARTS) is 1. The molecule has 12 heteroatoms. The van der Waals surface area contributed by atoms with Gasteiger partial charge >= 0.3 is 14.2 Å². The largest absolute Gasteiger partial charge is 0.481 e. The molecule has 0 saturated carbocycles. The molecule has 4 N–H and O–H groups in total. The molecule has 173 valence electrons. The predicted molar refractivity (Wildman–Crippen MR) is 129 cm³/mol. The summed E-state index contributed by atoms with van der Waals surface area (Å²) < 4.78 is 11.2. The predicted octanol–water partition coefficient (Wildman–Crippen LogP) is 2.53. The Morgan fingerprint density at radius 3 is 1.77 bits per heavy atom. The van der Waals surface area contributed by atoms with Crippen molar-refractivity contribution < 1.29 is 47.8 Å². The summed E-state index contributed by atoms with van der Waals surface area (Å²) in [5, 5.41) is 27.6. The minimum atomic E-state index is -1.19. The van der Waals surface area contributed by atoms with E-state index in [4.69, 9.17) is 29.3 Å². The van der Waals surface area contributed by atoms with Gasteiger partial charge in [0.2, 0.25) is 0 Å². The molecule has 30 heavy (non-hydrogen) atoms. The van der Waals surface area contributed by atoms with Crippen molar-refractivity contribution in [2.45, 2.75) is 58.8 Å². The molecule has 0 spiro atoms. The minimum absolute atomic E-state index is 0. The molecule has 0 aromatic heterocycles. The molecular weight excluding hydrogens is 455 g/mol. The third-order valence-electron chi connectivity index (χ3n) is 3.08. The van der Waals surface area contributed by atoms with Gasteiger partial charge in [-0.2, -0.15) is 0 Å². The average Bonchev–Trinajstić information content (AvgIpc) is 2.46. The van der Waals surface area contributed by atoms with Crippen molar-refractivity contribution in [2.75, 3.05) is 26.3 Å². The van der Waals surface area contributed by atoms with Gasteiger partial charge in [-0.05, 0) is 12.6 Å². The summed E-state index contributed by atoms with van der Waals surface area (Å²) in [4.78, 5) is 9.00. The smallest absolute Gasteiger partial charge is 0.460 e. The van der Waals surface area contributed by atoms with Crippen LogP contribution in [0.5, 0.6) is 0 Å². The zero-order chi connectivity index (χ0) is 22.9. The van der Waals surface area contributed by atoms with E-state index < -0.39 is 29.2 Å². The van der Waals surface area contributed by atoms with E-state index in [9.17, 15) is 0 Å².